The second-order valence-corrected chi connectivity index (χ2v) is 16.4. The number of furan rings is 2. The summed E-state index contributed by atoms with van der Waals surface area (Å²) >= 11 is 0. The average molecular weight is 819 g/mol. The summed E-state index contributed by atoms with van der Waals surface area (Å²) in [7, 11) is 0. The number of nitrogens with zero attached hydrogens (tertiary/aromatic N) is 2. The topological polar surface area (TPSA) is 34.5 Å². The summed E-state index contributed by atoms with van der Waals surface area (Å²) in [6, 6.07) is 82.1. The summed E-state index contributed by atoms with van der Waals surface area (Å²) in [6.07, 6.45) is 0. The minimum absolute atomic E-state index is 0.859. The number of rotatable bonds is 7. The molecular formula is C60H38N2O2. The molecule has 300 valence electrons. The van der Waals surface area contributed by atoms with E-state index in [1.165, 1.54) is 27.5 Å². The summed E-state index contributed by atoms with van der Waals surface area (Å²) in [6.45, 7) is 0. The maximum atomic E-state index is 6.74. The third kappa shape index (κ3) is 5.70. The first-order valence-electron chi connectivity index (χ1n) is 21.7. The van der Waals surface area contributed by atoms with Crippen molar-refractivity contribution in [1.29, 1.82) is 0 Å². The molecule has 0 spiro atoms. The van der Waals surface area contributed by atoms with Gasteiger partial charge in [-0.3, -0.25) is 0 Å². The number of fused-ring (bicyclic) bond motifs is 9. The molecule has 0 saturated heterocycles. The van der Waals surface area contributed by atoms with Crippen LogP contribution in [0.2, 0.25) is 0 Å². The highest BCUT2D eigenvalue weighted by Crippen LogP contribution is 2.48. The molecule has 3 aromatic heterocycles. The molecule has 4 heteroatoms. The van der Waals surface area contributed by atoms with Crippen LogP contribution < -0.4 is 4.90 Å². The van der Waals surface area contributed by atoms with Crippen LogP contribution in [0, 0.1) is 0 Å². The summed E-state index contributed by atoms with van der Waals surface area (Å²) in [4.78, 5) is 2.32. The maximum absolute atomic E-state index is 6.74. The molecule has 13 rings (SSSR count). The summed E-state index contributed by atoms with van der Waals surface area (Å²) in [5.41, 5.74) is 16.9. The number of anilines is 3. The largest absolute Gasteiger partial charge is 0.456 e. The molecule has 0 amide bonds. The minimum Gasteiger partial charge on any atom is -0.456 e. The molecule has 0 aliphatic heterocycles. The van der Waals surface area contributed by atoms with Crippen LogP contribution in [-0.2, 0) is 0 Å². The van der Waals surface area contributed by atoms with Crippen molar-refractivity contribution in [2.24, 2.45) is 0 Å². The first-order chi connectivity index (χ1) is 31.7. The number of benzene rings is 10. The van der Waals surface area contributed by atoms with E-state index in [1.807, 2.05) is 18.2 Å². The van der Waals surface area contributed by atoms with Gasteiger partial charge in [0.15, 0.2) is 0 Å². The second-order valence-electron chi connectivity index (χ2n) is 16.4. The summed E-state index contributed by atoms with van der Waals surface area (Å²) in [5, 5.41) is 6.82. The van der Waals surface area contributed by atoms with Crippen molar-refractivity contribution in [2.75, 3.05) is 4.90 Å². The molecule has 4 nitrogen and oxygen atoms in total. The molecule has 13 aromatic rings. The van der Waals surface area contributed by atoms with Gasteiger partial charge in [0, 0.05) is 66.7 Å². The number of hydrogen-bond donors (Lipinski definition) is 0. The smallest absolute Gasteiger partial charge is 0.138 e. The normalized spacial score (nSPS) is 11.8. The highest BCUT2D eigenvalue weighted by atomic mass is 16.3. The van der Waals surface area contributed by atoms with E-state index in [1.54, 1.807) is 0 Å². The third-order valence-electron chi connectivity index (χ3n) is 12.8. The molecule has 0 aliphatic rings. The van der Waals surface area contributed by atoms with Crippen LogP contribution in [0.1, 0.15) is 0 Å². The van der Waals surface area contributed by atoms with Crippen LogP contribution in [0.5, 0.6) is 0 Å². The molecule has 10 aromatic carbocycles. The molecule has 0 fully saturated rings. The Morgan fingerprint density at radius 2 is 0.844 bits per heavy atom. The van der Waals surface area contributed by atoms with Crippen molar-refractivity contribution in [1.82, 2.24) is 4.57 Å². The van der Waals surface area contributed by atoms with E-state index in [0.717, 1.165) is 94.4 Å². The summed E-state index contributed by atoms with van der Waals surface area (Å²) in [5.74, 6) is 0. The van der Waals surface area contributed by atoms with Gasteiger partial charge in [0.2, 0.25) is 0 Å². The van der Waals surface area contributed by atoms with E-state index in [0.29, 0.717) is 0 Å². The number of hydrogen-bond acceptors (Lipinski definition) is 3. The van der Waals surface area contributed by atoms with Gasteiger partial charge in [0.05, 0.1) is 11.0 Å². The van der Waals surface area contributed by atoms with Gasteiger partial charge in [-0.05, 0) is 101 Å². The van der Waals surface area contributed by atoms with Crippen LogP contribution in [0.3, 0.4) is 0 Å². The lowest BCUT2D eigenvalue weighted by atomic mass is 9.93. The highest BCUT2D eigenvalue weighted by Gasteiger charge is 2.24. The van der Waals surface area contributed by atoms with E-state index < -0.39 is 0 Å². The van der Waals surface area contributed by atoms with Crippen LogP contribution in [-0.4, -0.2) is 4.57 Å². The number of aromatic nitrogens is 1. The average Bonchev–Trinajstić information content (AvgIpc) is 4.04. The third-order valence-corrected chi connectivity index (χ3v) is 12.8. The Kier molecular flexibility index (Phi) is 8.18. The zero-order valence-electron chi connectivity index (χ0n) is 34.7. The Morgan fingerprint density at radius 1 is 0.312 bits per heavy atom. The predicted octanol–water partition coefficient (Wildman–Crippen LogP) is 17.1. The first kappa shape index (κ1) is 36.1. The van der Waals surface area contributed by atoms with Gasteiger partial charge in [-0.25, -0.2) is 0 Å². The fourth-order valence-electron chi connectivity index (χ4n) is 9.94. The van der Waals surface area contributed by atoms with E-state index >= 15 is 0 Å². The van der Waals surface area contributed by atoms with Crippen molar-refractivity contribution in [3.05, 3.63) is 231 Å². The molecular weight excluding hydrogens is 781 g/mol. The van der Waals surface area contributed by atoms with E-state index in [4.69, 9.17) is 8.83 Å². The van der Waals surface area contributed by atoms with Gasteiger partial charge in [-0.1, -0.05) is 152 Å². The number of para-hydroxylation sites is 3. The Bertz CT molecular complexity index is 3860. The Hall–Kier alpha value is -8.60. The maximum Gasteiger partial charge on any atom is 0.138 e. The van der Waals surface area contributed by atoms with Crippen molar-refractivity contribution < 1.29 is 8.83 Å². The molecule has 0 unspecified atom stereocenters. The Balaban J connectivity index is 1.06. The standard InChI is InChI=1S/C60H38N2O2/c1-4-15-39(16-5-1)40-27-30-44(31-28-40)61(43-19-8-3-9-20-43)45-32-34-46(35-33-45)62-51-37-42(47-23-14-26-55-58(47)49-21-10-12-24-53(49)63-55)29-36-48(51)59-52(62)38-56-60(50-22-11-13-25-54(50)64-56)57(59)41-17-6-2-7-18-41/h1-38H. The molecule has 3 heterocycles. The first-order valence-corrected chi connectivity index (χ1v) is 21.7. The molecule has 0 atom stereocenters. The van der Waals surface area contributed by atoms with Gasteiger partial charge < -0.3 is 18.3 Å². The molecule has 0 bridgehead atoms. The monoisotopic (exact) mass is 818 g/mol. The zero-order valence-corrected chi connectivity index (χ0v) is 34.7. The van der Waals surface area contributed by atoms with Gasteiger partial charge in [0.25, 0.3) is 0 Å². The van der Waals surface area contributed by atoms with Gasteiger partial charge >= 0.3 is 0 Å². The molecule has 0 saturated carbocycles. The molecule has 64 heavy (non-hydrogen) atoms. The molecule has 0 N–H and O–H groups in total. The van der Waals surface area contributed by atoms with Crippen LogP contribution in [0.4, 0.5) is 17.1 Å². The van der Waals surface area contributed by atoms with Crippen molar-refractivity contribution >= 4 is 82.7 Å². The van der Waals surface area contributed by atoms with Crippen molar-refractivity contribution in [3.63, 3.8) is 0 Å². The van der Waals surface area contributed by atoms with Gasteiger partial charge in [-0.15, -0.1) is 0 Å². The predicted molar refractivity (Wildman–Crippen MR) is 266 cm³/mol. The Labute approximate surface area is 369 Å². The zero-order chi connectivity index (χ0) is 42.1. The van der Waals surface area contributed by atoms with Crippen LogP contribution in [0.25, 0.3) is 105 Å². The molecule has 0 aliphatic carbocycles. The Morgan fingerprint density at radius 3 is 1.55 bits per heavy atom. The van der Waals surface area contributed by atoms with Crippen molar-refractivity contribution in [3.8, 4) is 39.1 Å². The van der Waals surface area contributed by atoms with E-state index in [2.05, 4.69) is 222 Å². The van der Waals surface area contributed by atoms with Crippen LogP contribution in [0.15, 0.2) is 239 Å². The minimum atomic E-state index is 0.859. The fraction of sp³-hybridized carbons (Fsp3) is 0. The second kappa shape index (κ2) is 14.5. The summed E-state index contributed by atoms with van der Waals surface area (Å²) < 4.78 is 15.5. The molecule has 0 radical (unpaired) electrons. The quantitative estimate of drug-likeness (QED) is 0.161. The lowest BCUT2D eigenvalue weighted by Crippen LogP contribution is -2.10. The van der Waals surface area contributed by atoms with Crippen molar-refractivity contribution in [2.45, 2.75) is 0 Å². The van der Waals surface area contributed by atoms with Gasteiger partial charge in [0.1, 0.15) is 22.3 Å². The van der Waals surface area contributed by atoms with Gasteiger partial charge in [-0.2, -0.15) is 0 Å². The highest BCUT2D eigenvalue weighted by molar-refractivity contribution is 6.27. The fourth-order valence-corrected chi connectivity index (χ4v) is 9.94. The van der Waals surface area contributed by atoms with E-state index in [9.17, 15) is 0 Å². The van der Waals surface area contributed by atoms with Crippen LogP contribution >= 0.6 is 0 Å². The lowest BCUT2D eigenvalue weighted by molar-refractivity contribution is 0.668. The SMILES string of the molecule is c1ccc(-c2ccc(N(c3ccccc3)c3ccc(-n4c5cc(-c6cccc7oc8ccccc8c67)ccc5c5c(-c6ccccc6)c6c(cc54)oc4ccccc46)cc3)cc2)cc1. The lowest BCUT2D eigenvalue weighted by Gasteiger charge is -2.26. The van der Waals surface area contributed by atoms with E-state index in [-0.39, 0.29) is 0 Å².